The Morgan fingerprint density at radius 3 is 2.74 bits per heavy atom. The third-order valence-corrected chi connectivity index (χ3v) is 7.12. The number of hydrogen-bond donors (Lipinski definition) is 1. The first kappa shape index (κ1) is 16.8. The maximum atomic E-state index is 11.1. The van der Waals surface area contributed by atoms with Crippen LogP contribution in [-0.4, -0.2) is 26.2 Å². The van der Waals surface area contributed by atoms with Crippen LogP contribution in [0.4, 0.5) is 0 Å². The smallest absolute Gasteiger partial charge is 0.208 e. The third-order valence-electron chi connectivity index (χ3n) is 3.21. The van der Waals surface area contributed by atoms with E-state index in [-0.39, 0.29) is 0 Å². The Morgan fingerprint density at radius 2 is 2.04 bits per heavy atom. The third kappa shape index (κ3) is 4.27. The first-order valence-electron chi connectivity index (χ1n) is 6.96. The average molecular weight is 385 g/mol. The number of thiophene rings is 2. The lowest BCUT2D eigenvalue weighted by Crippen LogP contribution is -2.23. The zero-order chi connectivity index (χ0) is 16.4. The van der Waals surface area contributed by atoms with Gasteiger partial charge in [0.25, 0.3) is 0 Å². The van der Waals surface area contributed by atoms with Gasteiger partial charge >= 0.3 is 0 Å². The molecule has 0 saturated heterocycles. The van der Waals surface area contributed by atoms with E-state index in [2.05, 4.69) is 34.5 Å². The Bertz CT molecular complexity index is 905. The summed E-state index contributed by atoms with van der Waals surface area (Å²) in [7, 11) is -3.12. The highest BCUT2D eigenvalue weighted by Crippen LogP contribution is 2.36. The van der Waals surface area contributed by atoms with Crippen LogP contribution in [0.3, 0.4) is 0 Å². The summed E-state index contributed by atoms with van der Waals surface area (Å²) < 4.78 is 24.7. The van der Waals surface area contributed by atoms with Gasteiger partial charge in [-0.15, -0.1) is 34.0 Å². The topological polar surface area (TPSA) is 59.1 Å². The Labute approximate surface area is 147 Å². The summed E-state index contributed by atoms with van der Waals surface area (Å²) >= 11 is 5.04. The second-order valence-corrected chi connectivity index (χ2v) is 9.93. The maximum Gasteiger partial charge on any atom is 0.208 e. The van der Waals surface area contributed by atoms with Gasteiger partial charge in [0, 0.05) is 16.8 Å². The van der Waals surface area contributed by atoms with Crippen LogP contribution in [0.25, 0.3) is 20.5 Å². The molecule has 0 atom stereocenters. The molecule has 3 aromatic heterocycles. The molecular formula is C15H16N2O2S4. The molecule has 0 amide bonds. The van der Waals surface area contributed by atoms with Gasteiger partial charge in [-0.1, -0.05) is 0 Å². The van der Waals surface area contributed by atoms with Crippen molar-refractivity contribution in [1.82, 2.24) is 9.71 Å². The van der Waals surface area contributed by atoms with Crippen molar-refractivity contribution in [2.24, 2.45) is 0 Å². The molecule has 0 aliphatic heterocycles. The molecule has 0 aliphatic rings. The molecule has 0 bridgehead atoms. The van der Waals surface area contributed by atoms with Crippen LogP contribution in [0, 0.1) is 6.92 Å². The highest BCUT2D eigenvalue weighted by atomic mass is 32.2. The number of sulfonamides is 1. The van der Waals surface area contributed by atoms with Crippen LogP contribution in [0.2, 0.25) is 0 Å². The lowest BCUT2D eigenvalue weighted by atomic mass is 10.3. The van der Waals surface area contributed by atoms with E-state index in [0.29, 0.717) is 13.0 Å². The summed E-state index contributed by atoms with van der Waals surface area (Å²) in [5.74, 6) is 0. The fourth-order valence-electron chi connectivity index (χ4n) is 2.09. The molecule has 4 nitrogen and oxygen atoms in total. The van der Waals surface area contributed by atoms with Gasteiger partial charge in [0.1, 0.15) is 5.01 Å². The molecule has 23 heavy (non-hydrogen) atoms. The fraction of sp³-hybridized carbons (Fsp3) is 0.267. The highest BCUT2D eigenvalue weighted by molar-refractivity contribution is 7.88. The van der Waals surface area contributed by atoms with Crippen molar-refractivity contribution >= 4 is 44.0 Å². The minimum atomic E-state index is -3.12. The Kier molecular flexibility index (Phi) is 4.98. The van der Waals surface area contributed by atoms with Gasteiger partial charge < -0.3 is 0 Å². The Morgan fingerprint density at radius 1 is 1.22 bits per heavy atom. The molecule has 0 aromatic carbocycles. The number of hydrogen-bond acceptors (Lipinski definition) is 6. The van der Waals surface area contributed by atoms with Gasteiger partial charge in [-0.3, -0.25) is 0 Å². The van der Waals surface area contributed by atoms with Crippen molar-refractivity contribution in [1.29, 1.82) is 0 Å². The quantitative estimate of drug-likeness (QED) is 0.699. The first-order chi connectivity index (χ1) is 10.9. The molecule has 0 fully saturated rings. The van der Waals surface area contributed by atoms with Crippen LogP contribution in [-0.2, 0) is 16.4 Å². The molecule has 1 N–H and O–H groups in total. The molecule has 0 unspecified atom stereocenters. The average Bonchev–Trinajstić information content (AvgIpc) is 3.16. The van der Waals surface area contributed by atoms with Crippen molar-refractivity contribution in [3.8, 4) is 20.5 Å². The zero-order valence-corrected chi connectivity index (χ0v) is 16.0. The number of thiazole rings is 1. The van der Waals surface area contributed by atoms with E-state index >= 15 is 0 Å². The summed E-state index contributed by atoms with van der Waals surface area (Å²) in [4.78, 5) is 8.25. The normalized spacial score (nSPS) is 11.9. The molecule has 0 radical (unpaired) electrons. The van der Waals surface area contributed by atoms with Gasteiger partial charge in [-0.25, -0.2) is 18.1 Å². The number of aromatic nitrogens is 1. The SMILES string of the molecule is Cc1ccsc1-c1nc(-c2ccc(CCNS(C)(=O)=O)s2)cs1. The van der Waals surface area contributed by atoms with Gasteiger partial charge in [0.05, 0.1) is 21.7 Å². The number of rotatable bonds is 6. The van der Waals surface area contributed by atoms with E-state index in [0.717, 1.165) is 20.5 Å². The highest BCUT2D eigenvalue weighted by Gasteiger charge is 2.11. The Balaban J connectivity index is 1.71. The molecule has 0 spiro atoms. The van der Waals surface area contributed by atoms with E-state index in [1.165, 1.54) is 16.7 Å². The molecule has 0 aliphatic carbocycles. The van der Waals surface area contributed by atoms with E-state index in [4.69, 9.17) is 4.98 Å². The molecule has 8 heteroatoms. The maximum absolute atomic E-state index is 11.1. The number of aryl methyl sites for hydroxylation is 1. The van der Waals surface area contributed by atoms with Crippen molar-refractivity contribution in [3.05, 3.63) is 39.4 Å². The molecule has 122 valence electrons. The lowest BCUT2D eigenvalue weighted by molar-refractivity contribution is 0.588. The predicted molar refractivity (Wildman–Crippen MR) is 100 cm³/mol. The van der Waals surface area contributed by atoms with E-state index in [9.17, 15) is 8.42 Å². The fourth-order valence-corrected chi connectivity index (χ4v) is 5.53. The molecule has 3 rings (SSSR count). The minimum Gasteiger partial charge on any atom is -0.234 e. The van der Waals surface area contributed by atoms with Gasteiger partial charge in [-0.05, 0) is 42.5 Å². The first-order valence-corrected chi connectivity index (χ1v) is 11.4. The largest absolute Gasteiger partial charge is 0.234 e. The minimum absolute atomic E-state index is 0.426. The van der Waals surface area contributed by atoms with Crippen molar-refractivity contribution in [2.75, 3.05) is 12.8 Å². The van der Waals surface area contributed by atoms with Crippen LogP contribution in [0.5, 0.6) is 0 Å². The Hall–Kier alpha value is -1.06. The second kappa shape index (κ2) is 6.82. The van der Waals surface area contributed by atoms with Crippen LogP contribution in [0.15, 0.2) is 29.0 Å². The van der Waals surface area contributed by atoms with Crippen molar-refractivity contribution in [3.63, 3.8) is 0 Å². The summed E-state index contributed by atoms with van der Waals surface area (Å²) in [6.45, 7) is 2.53. The van der Waals surface area contributed by atoms with E-state index in [1.807, 2.05) is 6.07 Å². The summed E-state index contributed by atoms with van der Waals surface area (Å²) in [6.07, 6.45) is 1.87. The summed E-state index contributed by atoms with van der Waals surface area (Å²) in [5, 5.41) is 5.23. The number of nitrogens with one attached hydrogen (secondary N) is 1. The molecule has 3 aromatic rings. The monoisotopic (exact) mass is 384 g/mol. The lowest BCUT2D eigenvalue weighted by Gasteiger charge is -1.99. The van der Waals surface area contributed by atoms with Gasteiger partial charge in [0.15, 0.2) is 0 Å². The summed E-state index contributed by atoms with van der Waals surface area (Å²) in [5.41, 5.74) is 2.25. The number of nitrogens with zero attached hydrogens (tertiary/aromatic N) is 1. The van der Waals surface area contributed by atoms with E-state index in [1.54, 1.807) is 34.0 Å². The molecular weight excluding hydrogens is 368 g/mol. The standard InChI is InChI=1S/C15H16N2O2S4/c1-10-6-8-20-14(10)15-17-12(9-21-15)13-4-3-11(22-13)5-7-16-23(2,18)19/h3-4,6,8-9,16H,5,7H2,1-2H3. The van der Waals surface area contributed by atoms with Gasteiger partial charge in [0.2, 0.25) is 10.0 Å². The summed E-state index contributed by atoms with van der Waals surface area (Å²) in [6, 6.07) is 6.21. The van der Waals surface area contributed by atoms with Crippen LogP contribution < -0.4 is 4.72 Å². The van der Waals surface area contributed by atoms with Crippen molar-refractivity contribution in [2.45, 2.75) is 13.3 Å². The molecule has 0 saturated carbocycles. The molecule has 3 heterocycles. The van der Waals surface area contributed by atoms with Gasteiger partial charge in [-0.2, -0.15) is 0 Å². The van der Waals surface area contributed by atoms with Crippen molar-refractivity contribution < 1.29 is 8.42 Å². The van der Waals surface area contributed by atoms with Crippen LogP contribution in [0.1, 0.15) is 10.4 Å². The predicted octanol–water partition coefficient (Wildman–Crippen LogP) is 4.00. The van der Waals surface area contributed by atoms with E-state index < -0.39 is 10.0 Å². The second-order valence-electron chi connectivity index (χ2n) is 5.15. The van der Waals surface area contributed by atoms with Crippen LogP contribution >= 0.6 is 34.0 Å². The zero-order valence-electron chi connectivity index (χ0n) is 12.7.